The number of phosphoric ester groups is 1. The van der Waals surface area contributed by atoms with Gasteiger partial charge in [0.05, 0.1) is 26.4 Å². The van der Waals surface area contributed by atoms with Crippen LogP contribution in [0.15, 0.2) is 29.8 Å². The zero-order chi connectivity index (χ0) is 32.6. The molecule has 242 valence electrons. The van der Waals surface area contributed by atoms with Gasteiger partial charge in [0.2, 0.25) is 0 Å². The molecule has 2 aliphatic rings. The number of thioether (sulfide) groups is 2. The molecule has 2 N–H and O–H groups in total. The Hall–Kier alpha value is -1.94. The molecular formula is C25H39FN5O9PS2. The molecule has 43 heavy (non-hydrogen) atoms. The summed E-state index contributed by atoms with van der Waals surface area (Å²) in [5.41, 5.74) is 5.66. The predicted octanol–water partition coefficient (Wildman–Crippen LogP) is 4.28. The summed E-state index contributed by atoms with van der Waals surface area (Å²) in [6, 6.07) is 0. The van der Waals surface area contributed by atoms with Gasteiger partial charge in [-0.05, 0) is 5.53 Å². The van der Waals surface area contributed by atoms with Crippen molar-refractivity contribution in [1.82, 2.24) is 10.2 Å². The molecule has 0 unspecified atom stereocenters. The molecule has 0 bridgehead atoms. The van der Waals surface area contributed by atoms with Gasteiger partial charge in [-0.3, -0.25) is 28.0 Å². The fraction of sp³-hybridized carbons (Fsp3) is 0.720. The molecule has 18 heteroatoms. The summed E-state index contributed by atoms with van der Waals surface area (Å²) >= 11 is 1.93. The molecule has 0 saturated carbocycles. The van der Waals surface area contributed by atoms with Crippen LogP contribution in [0.2, 0.25) is 0 Å². The Morgan fingerprint density at radius 1 is 1.19 bits per heavy atom. The lowest BCUT2D eigenvalue weighted by Crippen LogP contribution is -2.48. The van der Waals surface area contributed by atoms with Crippen molar-refractivity contribution in [2.24, 2.45) is 15.9 Å². The van der Waals surface area contributed by atoms with E-state index in [-0.39, 0.29) is 40.8 Å². The van der Waals surface area contributed by atoms with Gasteiger partial charge in [-0.25, -0.2) is 8.96 Å². The van der Waals surface area contributed by atoms with Gasteiger partial charge in [0.1, 0.15) is 17.5 Å². The maximum Gasteiger partial charge on any atom is 0.474 e. The largest absolute Gasteiger partial charge is 0.474 e. The molecule has 1 saturated heterocycles. The standard InChI is InChI=1S/C25H39FN5O9PS2/c1-16-29-17(32)8-9-31(16)20-18(26)19(33)25(40-20,14-28-30-27)15-39-41(36,37-10-12-42-21(34)23(2,3)4)38-11-13-43-22(35)24(5,6)7/h8-9,18-20,33H,1,10-15H2,2-7H3,(H,29,32)/t18-,19+,20-,25-/m1/s1. The molecular weight excluding hydrogens is 628 g/mol. The molecule has 0 radical (unpaired) electrons. The van der Waals surface area contributed by atoms with E-state index in [1.807, 2.05) is 0 Å². The number of rotatable bonds is 14. The zero-order valence-electron chi connectivity index (χ0n) is 25.0. The molecule has 2 rings (SSSR count). The second-order valence-corrected chi connectivity index (χ2v) is 15.5. The highest BCUT2D eigenvalue weighted by atomic mass is 32.2. The molecule has 1 fully saturated rings. The van der Waals surface area contributed by atoms with E-state index < -0.39 is 61.8 Å². The van der Waals surface area contributed by atoms with Gasteiger partial charge in [-0.15, -0.1) is 0 Å². The first-order chi connectivity index (χ1) is 19.8. The van der Waals surface area contributed by atoms with Gasteiger partial charge in [0.15, 0.2) is 22.6 Å². The first-order valence-electron chi connectivity index (χ1n) is 13.2. The third-order valence-electron chi connectivity index (χ3n) is 5.93. The number of nitrogens with one attached hydrogen (secondary N) is 1. The van der Waals surface area contributed by atoms with Crippen molar-refractivity contribution in [2.45, 2.75) is 65.6 Å². The summed E-state index contributed by atoms with van der Waals surface area (Å²) in [4.78, 5) is 39.9. The van der Waals surface area contributed by atoms with E-state index in [9.17, 15) is 24.1 Å². The minimum atomic E-state index is -4.47. The number of hydrogen-bond acceptors (Lipinski definition) is 13. The second kappa shape index (κ2) is 15.4. The number of nitrogens with zero attached hydrogens (tertiary/aromatic N) is 4. The van der Waals surface area contributed by atoms with Gasteiger partial charge in [-0.2, -0.15) is 0 Å². The first kappa shape index (κ1) is 37.2. The zero-order valence-corrected chi connectivity index (χ0v) is 27.5. The van der Waals surface area contributed by atoms with Gasteiger partial charge >= 0.3 is 7.82 Å². The van der Waals surface area contributed by atoms with Crippen LogP contribution in [0.5, 0.6) is 0 Å². The van der Waals surface area contributed by atoms with E-state index in [0.717, 1.165) is 34.5 Å². The summed E-state index contributed by atoms with van der Waals surface area (Å²) in [7, 11) is -4.47. The van der Waals surface area contributed by atoms with Crippen LogP contribution in [0.1, 0.15) is 41.5 Å². The molecule has 0 aromatic heterocycles. The summed E-state index contributed by atoms with van der Waals surface area (Å²) in [6.07, 6.45) is -3.29. The Balaban J connectivity index is 2.21. The van der Waals surface area contributed by atoms with Gasteiger partial charge < -0.3 is 20.1 Å². The van der Waals surface area contributed by atoms with Crippen LogP contribution in [0.25, 0.3) is 10.4 Å². The molecule has 0 aliphatic carbocycles. The van der Waals surface area contributed by atoms with Crippen molar-refractivity contribution in [3.8, 4) is 0 Å². The van der Waals surface area contributed by atoms with Gasteiger partial charge in [0, 0.05) is 39.5 Å². The normalized spacial score (nSPS) is 24.6. The molecule has 4 atom stereocenters. The smallest absolute Gasteiger partial charge is 0.387 e. The number of phosphoric acid groups is 1. The lowest BCUT2D eigenvalue weighted by atomic mass is 9.97. The van der Waals surface area contributed by atoms with Crippen molar-refractivity contribution in [3.05, 3.63) is 35.1 Å². The monoisotopic (exact) mass is 667 g/mol. The van der Waals surface area contributed by atoms with Crippen molar-refractivity contribution in [1.29, 1.82) is 0 Å². The number of aliphatic hydroxyl groups excluding tert-OH is 1. The van der Waals surface area contributed by atoms with Crippen molar-refractivity contribution in [3.63, 3.8) is 0 Å². The van der Waals surface area contributed by atoms with Crippen LogP contribution >= 0.6 is 31.3 Å². The number of carbonyl (C=O) groups is 3. The van der Waals surface area contributed by atoms with Crippen LogP contribution in [-0.4, -0.2) is 88.1 Å². The topological polar surface area (TPSA) is 189 Å². The van der Waals surface area contributed by atoms with Crippen LogP contribution < -0.4 is 5.32 Å². The Bertz CT molecular complexity index is 1150. The summed E-state index contributed by atoms with van der Waals surface area (Å²) in [5.74, 6) is -0.318. The summed E-state index contributed by atoms with van der Waals surface area (Å²) in [6.45, 7) is 12.2. The van der Waals surface area contributed by atoms with E-state index in [0.29, 0.717) is 0 Å². The third kappa shape index (κ3) is 10.6. The Kier molecular flexibility index (Phi) is 13.3. The minimum Gasteiger partial charge on any atom is -0.387 e. The van der Waals surface area contributed by atoms with Gasteiger partial charge in [-0.1, -0.05) is 76.8 Å². The fourth-order valence-corrected chi connectivity index (χ4v) is 6.55. The number of alkyl halides is 1. The number of hydrogen-bond donors (Lipinski definition) is 2. The summed E-state index contributed by atoms with van der Waals surface area (Å²) in [5, 5.41) is 16.5. The van der Waals surface area contributed by atoms with E-state index in [4.69, 9.17) is 23.8 Å². The second-order valence-electron chi connectivity index (χ2n) is 11.7. The average molecular weight is 668 g/mol. The van der Waals surface area contributed by atoms with Crippen molar-refractivity contribution in [2.75, 3.05) is 37.9 Å². The van der Waals surface area contributed by atoms with Crippen molar-refractivity contribution >= 4 is 47.5 Å². The average Bonchev–Trinajstić information content (AvgIpc) is 3.15. The van der Waals surface area contributed by atoms with Crippen LogP contribution in [0.4, 0.5) is 4.39 Å². The number of halogens is 1. The predicted molar refractivity (Wildman–Crippen MR) is 160 cm³/mol. The Labute approximate surface area is 258 Å². The quantitative estimate of drug-likeness (QED) is 0.0881. The van der Waals surface area contributed by atoms with Crippen LogP contribution in [0, 0.1) is 10.8 Å². The van der Waals surface area contributed by atoms with Crippen LogP contribution in [0.3, 0.4) is 0 Å². The van der Waals surface area contributed by atoms with E-state index >= 15 is 4.39 Å². The lowest BCUT2D eigenvalue weighted by molar-refractivity contribution is -0.131. The Morgan fingerprint density at radius 3 is 2.19 bits per heavy atom. The SMILES string of the molecule is C=C1NC(=O)C=CN1[C@@H]1O[C@](CN=[N+]=[N-])(COP(=O)(OCCSC(=O)C(C)(C)C)OCCSC(=O)C(C)(C)C)[C@@H](O)[C@H]1F. The molecule has 1 amide bonds. The molecule has 2 aliphatic heterocycles. The van der Waals surface area contributed by atoms with E-state index in [2.05, 4.69) is 21.9 Å². The maximum atomic E-state index is 15.4. The lowest BCUT2D eigenvalue weighted by Gasteiger charge is -2.34. The highest BCUT2D eigenvalue weighted by molar-refractivity contribution is 8.14. The van der Waals surface area contributed by atoms with Gasteiger partial charge in [0.25, 0.3) is 5.91 Å². The van der Waals surface area contributed by atoms with Crippen molar-refractivity contribution < 1.29 is 46.8 Å². The highest BCUT2D eigenvalue weighted by Gasteiger charge is 2.58. The summed E-state index contributed by atoms with van der Waals surface area (Å²) < 4.78 is 51.3. The molecule has 0 spiro atoms. The third-order valence-corrected chi connectivity index (χ3v) is 9.87. The Morgan fingerprint density at radius 2 is 1.72 bits per heavy atom. The minimum absolute atomic E-state index is 0.0326. The highest BCUT2D eigenvalue weighted by Crippen LogP contribution is 2.51. The van der Waals surface area contributed by atoms with Crippen LogP contribution in [-0.2, 0) is 37.3 Å². The molecule has 14 nitrogen and oxygen atoms in total. The number of amides is 1. The number of carbonyl (C=O) groups excluding carboxylic acids is 3. The molecule has 0 aromatic carbocycles. The molecule has 2 heterocycles. The first-order valence-corrected chi connectivity index (χ1v) is 16.6. The number of ether oxygens (including phenoxy) is 1. The number of aliphatic hydroxyl groups is 1. The van der Waals surface area contributed by atoms with E-state index in [1.165, 1.54) is 6.20 Å². The fourth-order valence-electron chi connectivity index (χ4n) is 3.50. The number of azide groups is 1. The molecule has 0 aromatic rings. The maximum absolute atomic E-state index is 15.4. The van der Waals surface area contributed by atoms with E-state index in [1.54, 1.807) is 41.5 Å².